The molecule has 7 heteroatoms. The van der Waals surface area contributed by atoms with E-state index in [2.05, 4.69) is 29.5 Å². The highest BCUT2D eigenvalue weighted by molar-refractivity contribution is 7.91. The first-order valence-corrected chi connectivity index (χ1v) is 9.49. The standard InChI is InChI=1S/C14H27N3O3S/c1-14(3-6-17(2)7-4-14)11-16-13(18)9-12-10-21(19,20)8-5-15-12/h12,15H,3-11H2,1-2H3,(H,16,18). The van der Waals surface area contributed by atoms with E-state index in [4.69, 9.17) is 0 Å². The molecule has 2 heterocycles. The van der Waals surface area contributed by atoms with Gasteiger partial charge in [-0.1, -0.05) is 6.92 Å². The first kappa shape index (κ1) is 16.7. The minimum Gasteiger partial charge on any atom is -0.356 e. The maximum atomic E-state index is 12.0. The Labute approximate surface area is 127 Å². The Kier molecular flexibility index (Phi) is 5.27. The summed E-state index contributed by atoms with van der Waals surface area (Å²) in [5, 5.41) is 6.10. The second-order valence-electron chi connectivity index (χ2n) is 6.86. The molecule has 1 atom stereocenters. The summed E-state index contributed by atoms with van der Waals surface area (Å²) in [4.78, 5) is 14.3. The van der Waals surface area contributed by atoms with Crippen LogP contribution < -0.4 is 10.6 Å². The highest BCUT2D eigenvalue weighted by atomic mass is 32.2. The average Bonchev–Trinajstić information content (AvgIpc) is 2.39. The fraction of sp³-hybridized carbons (Fsp3) is 0.929. The van der Waals surface area contributed by atoms with Gasteiger partial charge in [0.25, 0.3) is 0 Å². The Balaban J connectivity index is 1.75. The maximum absolute atomic E-state index is 12.0. The second-order valence-corrected chi connectivity index (χ2v) is 9.09. The van der Waals surface area contributed by atoms with E-state index in [0.717, 1.165) is 25.9 Å². The smallest absolute Gasteiger partial charge is 0.221 e. The lowest BCUT2D eigenvalue weighted by Gasteiger charge is -2.38. The van der Waals surface area contributed by atoms with Crippen LogP contribution in [0.1, 0.15) is 26.2 Å². The molecule has 2 N–H and O–H groups in total. The molecule has 1 amide bonds. The van der Waals surface area contributed by atoms with Gasteiger partial charge >= 0.3 is 0 Å². The number of hydrogen-bond donors (Lipinski definition) is 2. The maximum Gasteiger partial charge on any atom is 0.221 e. The van der Waals surface area contributed by atoms with Crippen molar-refractivity contribution in [3.8, 4) is 0 Å². The second kappa shape index (κ2) is 6.62. The zero-order valence-corrected chi connectivity index (χ0v) is 13.8. The van der Waals surface area contributed by atoms with Gasteiger partial charge in [0.1, 0.15) is 0 Å². The molecule has 2 aliphatic rings. The largest absolute Gasteiger partial charge is 0.356 e. The summed E-state index contributed by atoms with van der Waals surface area (Å²) in [6, 6.07) is -0.242. The van der Waals surface area contributed by atoms with E-state index < -0.39 is 9.84 Å². The molecule has 2 aliphatic heterocycles. The van der Waals surface area contributed by atoms with Crippen LogP contribution in [-0.2, 0) is 14.6 Å². The van der Waals surface area contributed by atoms with Gasteiger partial charge in [-0.05, 0) is 38.4 Å². The third-order valence-corrected chi connectivity index (χ3v) is 6.38. The van der Waals surface area contributed by atoms with Crippen LogP contribution in [0.25, 0.3) is 0 Å². The number of carbonyl (C=O) groups excluding carboxylic acids is 1. The van der Waals surface area contributed by atoms with Gasteiger partial charge < -0.3 is 15.5 Å². The predicted octanol–water partition coefficient (Wildman–Crippen LogP) is -0.389. The monoisotopic (exact) mass is 317 g/mol. The quantitative estimate of drug-likeness (QED) is 0.738. The molecule has 21 heavy (non-hydrogen) atoms. The van der Waals surface area contributed by atoms with Gasteiger partial charge in [0, 0.05) is 25.6 Å². The van der Waals surface area contributed by atoms with Crippen LogP contribution in [0.5, 0.6) is 0 Å². The molecule has 0 aromatic rings. The summed E-state index contributed by atoms with van der Waals surface area (Å²) >= 11 is 0. The minimum absolute atomic E-state index is 0.0512. The van der Waals surface area contributed by atoms with Gasteiger partial charge in [0.15, 0.2) is 9.84 Å². The van der Waals surface area contributed by atoms with Crippen LogP contribution in [0.15, 0.2) is 0 Å². The normalized spacial score (nSPS) is 29.0. The molecule has 0 radical (unpaired) electrons. The van der Waals surface area contributed by atoms with Crippen molar-refractivity contribution >= 4 is 15.7 Å². The van der Waals surface area contributed by atoms with Crippen molar-refractivity contribution in [2.24, 2.45) is 5.41 Å². The van der Waals surface area contributed by atoms with Crippen LogP contribution in [-0.4, -0.2) is 70.0 Å². The average molecular weight is 317 g/mol. The lowest BCUT2D eigenvalue weighted by atomic mass is 9.80. The van der Waals surface area contributed by atoms with E-state index in [1.54, 1.807) is 0 Å². The highest BCUT2D eigenvalue weighted by Gasteiger charge is 2.30. The molecule has 6 nitrogen and oxygen atoms in total. The number of nitrogens with one attached hydrogen (secondary N) is 2. The van der Waals surface area contributed by atoms with Crippen LogP contribution >= 0.6 is 0 Å². The van der Waals surface area contributed by atoms with Crippen molar-refractivity contribution in [1.82, 2.24) is 15.5 Å². The Hall–Kier alpha value is -0.660. The van der Waals surface area contributed by atoms with Crippen molar-refractivity contribution in [2.75, 3.05) is 44.7 Å². The molecule has 122 valence electrons. The third kappa shape index (κ3) is 5.23. The summed E-state index contributed by atoms with van der Waals surface area (Å²) in [5.41, 5.74) is 0.161. The van der Waals surface area contributed by atoms with E-state index in [1.807, 2.05) is 0 Å². The van der Waals surface area contributed by atoms with Crippen molar-refractivity contribution in [3.05, 3.63) is 0 Å². The number of carbonyl (C=O) groups is 1. The number of amides is 1. The number of piperidine rings is 1. The van der Waals surface area contributed by atoms with Gasteiger partial charge in [-0.15, -0.1) is 0 Å². The predicted molar refractivity (Wildman–Crippen MR) is 82.9 cm³/mol. The fourth-order valence-corrected chi connectivity index (χ4v) is 4.39. The van der Waals surface area contributed by atoms with Crippen LogP contribution in [0.4, 0.5) is 0 Å². The molecular formula is C14H27N3O3S. The molecule has 0 aromatic heterocycles. The molecule has 2 saturated heterocycles. The van der Waals surface area contributed by atoms with Crippen molar-refractivity contribution in [1.29, 1.82) is 0 Å². The van der Waals surface area contributed by atoms with Crippen molar-refractivity contribution in [3.63, 3.8) is 0 Å². The molecule has 0 aliphatic carbocycles. The number of sulfone groups is 1. The van der Waals surface area contributed by atoms with Gasteiger partial charge in [0.05, 0.1) is 11.5 Å². The molecule has 2 fully saturated rings. The van der Waals surface area contributed by atoms with E-state index >= 15 is 0 Å². The lowest BCUT2D eigenvalue weighted by Crippen LogP contribution is -2.48. The van der Waals surface area contributed by atoms with Crippen LogP contribution in [0, 0.1) is 5.41 Å². The fourth-order valence-electron chi connectivity index (χ4n) is 2.94. The Morgan fingerprint density at radius 1 is 1.38 bits per heavy atom. The van der Waals surface area contributed by atoms with E-state index in [-0.39, 0.29) is 35.3 Å². The van der Waals surface area contributed by atoms with Crippen molar-refractivity contribution in [2.45, 2.75) is 32.2 Å². The molecule has 1 unspecified atom stereocenters. The topological polar surface area (TPSA) is 78.5 Å². The van der Waals surface area contributed by atoms with E-state index in [1.165, 1.54) is 0 Å². The Morgan fingerprint density at radius 3 is 2.67 bits per heavy atom. The summed E-state index contributed by atoms with van der Waals surface area (Å²) < 4.78 is 23.1. The Morgan fingerprint density at radius 2 is 2.05 bits per heavy atom. The van der Waals surface area contributed by atoms with Crippen LogP contribution in [0.2, 0.25) is 0 Å². The molecule has 0 spiro atoms. The molecular weight excluding hydrogens is 290 g/mol. The molecule has 0 aromatic carbocycles. The van der Waals surface area contributed by atoms with E-state index in [9.17, 15) is 13.2 Å². The third-order valence-electron chi connectivity index (χ3n) is 4.64. The van der Waals surface area contributed by atoms with Crippen LogP contribution in [0.3, 0.4) is 0 Å². The number of nitrogens with zero attached hydrogens (tertiary/aromatic N) is 1. The zero-order valence-electron chi connectivity index (χ0n) is 13.0. The first-order valence-electron chi connectivity index (χ1n) is 7.67. The Bertz CT molecular complexity index is 470. The number of likely N-dealkylation sites (tertiary alicyclic amines) is 1. The van der Waals surface area contributed by atoms with E-state index in [0.29, 0.717) is 13.1 Å². The number of hydrogen-bond acceptors (Lipinski definition) is 5. The van der Waals surface area contributed by atoms with Gasteiger partial charge in [-0.2, -0.15) is 0 Å². The molecule has 0 saturated carbocycles. The zero-order chi connectivity index (χ0) is 15.5. The summed E-state index contributed by atoms with van der Waals surface area (Å²) in [6.45, 7) is 5.47. The summed E-state index contributed by atoms with van der Waals surface area (Å²) in [7, 11) is -0.861. The van der Waals surface area contributed by atoms with Gasteiger partial charge in [-0.3, -0.25) is 4.79 Å². The number of rotatable bonds is 4. The van der Waals surface area contributed by atoms with Gasteiger partial charge in [0.2, 0.25) is 5.91 Å². The minimum atomic E-state index is -2.98. The van der Waals surface area contributed by atoms with Crippen molar-refractivity contribution < 1.29 is 13.2 Å². The first-order chi connectivity index (χ1) is 9.78. The lowest BCUT2D eigenvalue weighted by molar-refractivity contribution is -0.122. The highest BCUT2D eigenvalue weighted by Crippen LogP contribution is 2.29. The summed E-state index contributed by atoms with van der Waals surface area (Å²) in [5.74, 6) is 0.198. The molecule has 0 bridgehead atoms. The van der Waals surface area contributed by atoms with Gasteiger partial charge in [-0.25, -0.2) is 8.42 Å². The summed E-state index contributed by atoms with van der Waals surface area (Å²) in [6.07, 6.45) is 2.41. The molecule has 2 rings (SSSR count). The SMILES string of the molecule is CN1CCC(C)(CNC(=O)CC2CS(=O)(=O)CCN2)CC1.